The van der Waals surface area contributed by atoms with Crippen molar-refractivity contribution in [2.45, 2.75) is 65.1 Å². The van der Waals surface area contributed by atoms with Gasteiger partial charge in [-0.3, -0.25) is 9.59 Å². The summed E-state index contributed by atoms with van der Waals surface area (Å²) in [4.78, 5) is 27.8. The van der Waals surface area contributed by atoms with Gasteiger partial charge >= 0.3 is 0 Å². The van der Waals surface area contributed by atoms with Gasteiger partial charge in [-0.1, -0.05) is 37.1 Å². The fourth-order valence-electron chi connectivity index (χ4n) is 3.99. The molecule has 6 heteroatoms. The number of hydrogen-bond donors (Lipinski definition) is 1. The summed E-state index contributed by atoms with van der Waals surface area (Å²) in [6, 6.07) is 13.0. The number of nitrogens with zero attached hydrogens (tertiary/aromatic N) is 1. The lowest BCUT2D eigenvalue weighted by atomic mass is 10.1. The maximum absolute atomic E-state index is 13.2. The first kappa shape index (κ1) is 23.6. The molecule has 0 aromatic heterocycles. The number of carbonyl (C=O) groups is 2. The first-order valence-electron chi connectivity index (χ1n) is 11.3. The van der Waals surface area contributed by atoms with E-state index < -0.39 is 6.04 Å². The minimum absolute atomic E-state index is 0.120. The Kier molecular flexibility index (Phi) is 8.14. The zero-order valence-electron chi connectivity index (χ0n) is 19.5. The molecule has 1 fully saturated rings. The molecule has 1 atom stereocenters. The molecule has 2 amide bonds. The number of methoxy groups -OCH3 is 1. The summed E-state index contributed by atoms with van der Waals surface area (Å²) in [6.45, 7) is 5.91. The number of nitrogens with one attached hydrogen (secondary N) is 1. The lowest BCUT2D eigenvalue weighted by Crippen LogP contribution is -2.50. The summed E-state index contributed by atoms with van der Waals surface area (Å²) in [5, 5.41) is 3.11. The Morgan fingerprint density at radius 1 is 1.09 bits per heavy atom. The molecule has 1 aliphatic rings. The fraction of sp³-hybridized carbons (Fsp3) is 0.462. The van der Waals surface area contributed by atoms with Crippen LogP contribution >= 0.6 is 0 Å². The number of benzene rings is 2. The molecule has 2 aromatic carbocycles. The zero-order chi connectivity index (χ0) is 23.1. The molecular weight excluding hydrogens is 404 g/mol. The van der Waals surface area contributed by atoms with Gasteiger partial charge in [-0.25, -0.2) is 0 Å². The molecular formula is C26H34N2O4. The van der Waals surface area contributed by atoms with Crippen molar-refractivity contribution >= 4 is 11.8 Å². The average Bonchev–Trinajstić information content (AvgIpc) is 3.30. The number of amides is 2. The van der Waals surface area contributed by atoms with Gasteiger partial charge < -0.3 is 19.7 Å². The maximum Gasteiger partial charge on any atom is 0.261 e. The first-order valence-corrected chi connectivity index (χ1v) is 11.3. The smallest absolute Gasteiger partial charge is 0.261 e. The van der Waals surface area contributed by atoms with Crippen LogP contribution in [0.4, 0.5) is 0 Å². The lowest BCUT2D eigenvalue weighted by molar-refractivity contribution is -0.142. The van der Waals surface area contributed by atoms with E-state index in [0.717, 1.165) is 48.1 Å². The van der Waals surface area contributed by atoms with E-state index in [2.05, 4.69) is 5.32 Å². The standard InChI is InChI=1S/C26H34N2O4/c1-18-9-10-19(2)24(15-18)32-17-25(29)28(16-21-11-13-23(31-4)14-12-21)20(3)26(30)27-22-7-5-6-8-22/h9-15,20,22H,5-8,16-17H2,1-4H3,(H,27,30). The van der Waals surface area contributed by atoms with Crippen LogP contribution in [-0.4, -0.2) is 42.5 Å². The van der Waals surface area contributed by atoms with E-state index in [9.17, 15) is 9.59 Å². The number of rotatable bonds is 9. The Balaban J connectivity index is 1.73. The number of aryl methyl sites for hydroxylation is 2. The van der Waals surface area contributed by atoms with Crippen molar-refractivity contribution in [2.24, 2.45) is 0 Å². The van der Waals surface area contributed by atoms with Gasteiger partial charge in [0.15, 0.2) is 6.61 Å². The molecule has 1 unspecified atom stereocenters. The normalized spacial score (nSPS) is 14.6. The number of carbonyl (C=O) groups excluding carboxylic acids is 2. The quantitative estimate of drug-likeness (QED) is 0.638. The topological polar surface area (TPSA) is 67.9 Å². The second-order valence-corrected chi connectivity index (χ2v) is 8.59. The molecule has 2 aromatic rings. The van der Waals surface area contributed by atoms with Crippen molar-refractivity contribution in [1.82, 2.24) is 10.2 Å². The highest BCUT2D eigenvalue weighted by Gasteiger charge is 2.28. The molecule has 0 aliphatic heterocycles. The van der Waals surface area contributed by atoms with E-state index in [4.69, 9.17) is 9.47 Å². The molecule has 172 valence electrons. The Bertz CT molecular complexity index is 920. The van der Waals surface area contributed by atoms with Crippen LogP contribution in [0.3, 0.4) is 0 Å². The summed E-state index contributed by atoms with van der Waals surface area (Å²) in [5.74, 6) is 1.09. The molecule has 0 saturated heterocycles. The van der Waals surface area contributed by atoms with Crippen LogP contribution in [0.25, 0.3) is 0 Å². The lowest BCUT2D eigenvalue weighted by Gasteiger charge is -2.29. The minimum Gasteiger partial charge on any atom is -0.497 e. The molecule has 0 radical (unpaired) electrons. The Morgan fingerprint density at radius 3 is 2.44 bits per heavy atom. The van der Waals surface area contributed by atoms with Gasteiger partial charge in [-0.2, -0.15) is 0 Å². The summed E-state index contributed by atoms with van der Waals surface area (Å²) >= 11 is 0. The van der Waals surface area contributed by atoms with Crippen molar-refractivity contribution < 1.29 is 19.1 Å². The molecule has 3 rings (SSSR count). The number of hydrogen-bond acceptors (Lipinski definition) is 4. The van der Waals surface area contributed by atoms with Crippen molar-refractivity contribution in [3.63, 3.8) is 0 Å². The van der Waals surface area contributed by atoms with Crippen molar-refractivity contribution in [2.75, 3.05) is 13.7 Å². The summed E-state index contributed by atoms with van der Waals surface area (Å²) in [7, 11) is 1.62. The van der Waals surface area contributed by atoms with E-state index in [1.165, 1.54) is 0 Å². The van der Waals surface area contributed by atoms with Crippen LogP contribution in [0, 0.1) is 13.8 Å². The third kappa shape index (κ3) is 6.25. The summed E-state index contributed by atoms with van der Waals surface area (Å²) in [5.41, 5.74) is 2.96. The summed E-state index contributed by atoms with van der Waals surface area (Å²) < 4.78 is 11.1. The van der Waals surface area contributed by atoms with Crippen LogP contribution in [0.2, 0.25) is 0 Å². The highest BCUT2D eigenvalue weighted by atomic mass is 16.5. The third-order valence-electron chi connectivity index (χ3n) is 6.08. The van der Waals surface area contributed by atoms with Crippen LogP contribution in [0.1, 0.15) is 49.3 Å². The fourth-order valence-corrected chi connectivity index (χ4v) is 3.99. The third-order valence-corrected chi connectivity index (χ3v) is 6.08. The largest absolute Gasteiger partial charge is 0.497 e. The van der Waals surface area contributed by atoms with Crippen molar-refractivity contribution in [1.29, 1.82) is 0 Å². The SMILES string of the molecule is COc1ccc(CN(C(=O)COc2cc(C)ccc2C)C(C)C(=O)NC2CCCC2)cc1. The van der Waals surface area contributed by atoms with Crippen LogP contribution in [0.5, 0.6) is 11.5 Å². The highest BCUT2D eigenvalue weighted by molar-refractivity contribution is 5.88. The predicted molar refractivity (Wildman–Crippen MR) is 125 cm³/mol. The summed E-state index contributed by atoms with van der Waals surface area (Å²) in [6.07, 6.45) is 4.27. The Labute approximate surface area is 190 Å². The maximum atomic E-state index is 13.2. The second kappa shape index (κ2) is 11.0. The van der Waals surface area contributed by atoms with E-state index in [1.807, 2.05) is 56.3 Å². The van der Waals surface area contributed by atoms with Gasteiger partial charge in [0.2, 0.25) is 5.91 Å². The van der Waals surface area contributed by atoms with Crippen LogP contribution < -0.4 is 14.8 Å². The Hall–Kier alpha value is -3.02. The van der Waals surface area contributed by atoms with E-state index in [0.29, 0.717) is 12.3 Å². The van der Waals surface area contributed by atoms with E-state index in [-0.39, 0.29) is 24.5 Å². The molecule has 32 heavy (non-hydrogen) atoms. The van der Waals surface area contributed by atoms with E-state index in [1.54, 1.807) is 18.9 Å². The molecule has 0 heterocycles. The van der Waals surface area contributed by atoms with Gasteiger partial charge in [0, 0.05) is 12.6 Å². The minimum atomic E-state index is -0.604. The molecule has 0 spiro atoms. The van der Waals surface area contributed by atoms with Crippen molar-refractivity contribution in [3.8, 4) is 11.5 Å². The monoisotopic (exact) mass is 438 g/mol. The second-order valence-electron chi connectivity index (χ2n) is 8.59. The van der Waals surface area contributed by atoms with Gasteiger partial charge in [0.25, 0.3) is 5.91 Å². The Morgan fingerprint density at radius 2 is 1.78 bits per heavy atom. The average molecular weight is 439 g/mol. The van der Waals surface area contributed by atoms with Gasteiger partial charge in [-0.15, -0.1) is 0 Å². The predicted octanol–water partition coefficient (Wildman–Crippen LogP) is 4.17. The molecule has 1 saturated carbocycles. The van der Waals surface area contributed by atoms with Crippen LogP contribution in [0.15, 0.2) is 42.5 Å². The highest BCUT2D eigenvalue weighted by Crippen LogP contribution is 2.21. The van der Waals surface area contributed by atoms with Crippen molar-refractivity contribution in [3.05, 3.63) is 59.2 Å². The van der Waals surface area contributed by atoms with Gasteiger partial charge in [0.05, 0.1) is 7.11 Å². The van der Waals surface area contributed by atoms with Crippen LogP contribution in [-0.2, 0) is 16.1 Å². The van der Waals surface area contributed by atoms with Gasteiger partial charge in [-0.05, 0) is 68.5 Å². The van der Waals surface area contributed by atoms with Gasteiger partial charge in [0.1, 0.15) is 17.5 Å². The molecule has 6 nitrogen and oxygen atoms in total. The molecule has 1 aliphatic carbocycles. The first-order chi connectivity index (χ1) is 15.4. The number of ether oxygens (including phenoxy) is 2. The molecule has 1 N–H and O–H groups in total. The molecule has 0 bridgehead atoms. The van der Waals surface area contributed by atoms with E-state index >= 15 is 0 Å². The zero-order valence-corrected chi connectivity index (χ0v) is 19.5.